The maximum Gasteiger partial charge on any atom is 0.291 e. The third kappa shape index (κ3) is 4.44. The average Bonchev–Trinajstić information content (AvgIpc) is 1.38. The zero-order valence-electron chi connectivity index (χ0n) is 2.55. The average molecular weight is 110 g/mol. The van der Waals surface area contributed by atoms with Crippen LogP contribution in [-0.2, 0) is 10.6 Å². The number of thiol groups is 1. The van der Waals surface area contributed by atoms with Crippen molar-refractivity contribution < 1.29 is 8.42 Å². The molecule has 0 radical (unpaired) electrons. The van der Waals surface area contributed by atoms with Gasteiger partial charge in [0.05, 0.1) is 10.6 Å². The molecule has 0 rings (SSSR count). The molecular formula is H4BO2PS. The fourth-order valence-electron chi connectivity index (χ4n) is 0. The second kappa shape index (κ2) is 2.67. The maximum atomic E-state index is 9.38. The van der Waals surface area contributed by atoms with Crippen LogP contribution in [-0.4, -0.2) is 14.7 Å². The van der Waals surface area contributed by atoms with Crippen LogP contribution in [0.1, 0.15) is 0 Å². The summed E-state index contributed by atoms with van der Waals surface area (Å²) in [4.78, 5) is 0. The van der Waals surface area contributed by atoms with Gasteiger partial charge < -0.3 is 0 Å². The van der Waals surface area contributed by atoms with Crippen molar-refractivity contribution in [2.75, 3.05) is 0 Å². The summed E-state index contributed by atoms with van der Waals surface area (Å²) in [6.45, 7) is 0. The molecule has 0 aliphatic heterocycles. The van der Waals surface area contributed by atoms with Gasteiger partial charge in [0.15, 0.2) is 0 Å². The third-order valence-corrected chi connectivity index (χ3v) is 1.34. The molecule has 0 fully saturated rings. The quantitative estimate of drug-likeness (QED) is 0.259. The van der Waals surface area contributed by atoms with Gasteiger partial charge >= 0.3 is 0 Å². The molecule has 2 nitrogen and oxygen atoms in total. The molecule has 0 saturated heterocycles. The number of hydrogen-bond acceptors (Lipinski definition) is 2. The Labute approximate surface area is 35.2 Å². The van der Waals surface area contributed by atoms with Crippen molar-refractivity contribution >= 4 is 26.0 Å². The van der Waals surface area contributed by atoms with E-state index in [1.807, 2.05) is 0 Å². The van der Waals surface area contributed by atoms with E-state index in [4.69, 9.17) is 0 Å². The van der Waals surface area contributed by atoms with E-state index in [0.717, 1.165) is 0 Å². The summed E-state index contributed by atoms with van der Waals surface area (Å²) in [6.07, 6.45) is 0.176. The minimum absolute atomic E-state index is 0.176. The van der Waals surface area contributed by atoms with Crippen LogP contribution in [0.2, 0.25) is 0 Å². The molecule has 0 aliphatic rings. The first kappa shape index (κ1) is 5.44. The molecule has 0 heterocycles. The Bertz CT molecular complexity index is 67.7. The second-order valence-corrected chi connectivity index (χ2v) is 2.64. The molecule has 0 bridgehead atoms. The van der Waals surface area contributed by atoms with Gasteiger partial charge in [-0.25, -0.2) is 8.42 Å². The van der Waals surface area contributed by atoms with Crippen LogP contribution >= 0.6 is 9.12 Å². The zero-order chi connectivity index (χ0) is 4.28. The summed E-state index contributed by atoms with van der Waals surface area (Å²) in [6, 6.07) is 0. The zero-order valence-corrected chi connectivity index (χ0v) is 4.60. The molecule has 1 unspecified atom stereocenters. The van der Waals surface area contributed by atoms with Gasteiger partial charge in [0.1, 0.15) is 0 Å². The Hall–Kier alpha value is 0.445. The summed E-state index contributed by atoms with van der Waals surface area (Å²) in [7, 11) is -0.0370. The van der Waals surface area contributed by atoms with Crippen molar-refractivity contribution in [3.05, 3.63) is 0 Å². The first-order valence-corrected chi connectivity index (χ1v) is 3.27. The van der Waals surface area contributed by atoms with Gasteiger partial charge in [-0.2, -0.15) is 9.12 Å². The highest BCUT2D eigenvalue weighted by Crippen LogP contribution is 1.68. The highest BCUT2D eigenvalue weighted by Gasteiger charge is 1.72. The summed E-state index contributed by atoms with van der Waals surface area (Å²) in [5.74, 6) is 0. The fourth-order valence-corrected chi connectivity index (χ4v) is 0. The Kier molecular flexibility index (Phi) is 2.91. The van der Waals surface area contributed by atoms with Crippen LogP contribution in [0, 0.1) is 0 Å². The van der Waals surface area contributed by atoms with Crippen molar-refractivity contribution in [1.29, 1.82) is 0 Å². The predicted octanol–water partition coefficient (Wildman–Crippen LogP) is -1.26. The van der Waals surface area contributed by atoms with Crippen molar-refractivity contribution in [2.24, 2.45) is 0 Å². The van der Waals surface area contributed by atoms with Gasteiger partial charge in [-0.15, -0.1) is 0 Å². The molecule has 0 spiro atoms. The molecular weight excluding hydrogens is 106 g/mol. The molecule has 5 heteroatoms. The lowest BCUT2D eigenvalue weighted by Gasteiger charge is -1.55. The minimum atomic E-state index is -2.14. The van der Waals surface area contributed by atoms with E-state index in [1.54, 1.807) is 0 Å². The maximum absolute atomic E-state index is 9.38. The van der Waals surface area contributed by atoms with Gasteiger partial charge in [0, 0.05) is 0 Å². The monoisotopic (exact) mass is 110 g/mol. The van der Waals surface area contributed by atoms with Crippen molar-refractivity contribution in [1.82, 2.24) is 0 Å². The lowest BCUT2D eigenvalue weighted by molar-refractivity contribution is 0.626. The Balaban J connectivity index is 3.23. The largest absolute Gasteiger partial charge is 0.291 e. The number of hydrogen-bond donors (Lipinski definition) is 1. The molecule has 0 N–H and O–H groups in total. The van der Waals surface area contributed by atoms with Gasteiger partial charge in [-0.1, -0.05) is 0 Å². The Morgan fingerprint density at radius 1 is 1.60 bits per heavy atom. The van der Waals surface area contributed by atoms with E-state index in [-0.39, 0.29) is 6.28 Å². The summed E-state index contributed by atoms with van der Waals surface area (Å²) in [5.41, 5.74) is 0. The minimum Gasteiger partial charge on any atom is -0.244 e. The first-order chi connectivity index (χ1) is 2.27. The molecule has 5 heavy (non-hydrogen) atoms. The van der Waals surface area contributed by atoms with Crippen LogP contribution in [0.4, 0.5) is 0 Å². The van der Waals surface area contributed by atoms with Crippen LogP contribution in [0.15, 0.2) is 0 Å². The Morgan fingerprint density at radius 3 is 1.80 bits per heavy atom. The smallest absolute Gasteiger partial charge is 0.244 e. The molecule has 0 aromatic rings. The topological polar surface area (TPSA) is 34.1 Å². The van der Waals surface area contributed by atoms with Gasteiger partial charge in [-0.05, 0) is 0 Å². The van der Waals surface area contributed by atoms with Gasteiger partial charge in [0.2, 0.25) is 0 Å². The highest BCUT2D eigenvalue weighted by atomic mass is 32.2. The summed E-state index contributed by atoms with van der Waals surface area (Å²) < 4.78 is 18.8. The van der Waals surface area contributed by atoms with Gasteiger partial charge in [0.25, 0.3) is 6.28 Å². The molecule has 0 saturated carbocycles. The van der Waals surface area contributed by atoms with E-state index in [2.05, 4.69) is 9.12 Å². The van der Waals surface area contributed by atoms with Crippen molar-refractivity contribution in [3.8, 4) is 0 Å². The van der Waals surface area contributed by atoms with Crippen LogP contribution in [0.3, 0.4) is 0 Å². The molecule has 0 aromatic heterocycles. The molecule has 0 aromatic carbocycles. The van der Waals surface area contributed by atoms with Crippen LogP contribution < -0.4 is 0 Å². The van der Waals surface area contributed by atoms with Crippen molar-refractivity contribution in [2.45, 2.75) is 0 Å². The SMILES string of the molecule is O=[SH](=O)BP. The van der Waals surface area contributed by atoms with Crippen LogP contribution in [0.5, 0.6) is 0 Å². The van der Waals surface area contributed by atoms with E-state index >= 15 is 0 Å². The highest BCUT2D eigenvalue weighted by molar-refractivity contribution is 8.14. The van der Waals surface area contributed by atoms with Gasteiger partial charge in [-0.3, -0.25) is 0 Å². The summed E-state index contributed by atoms with van der Waals surface area (Å²) >= 11 is 0. The first-order valence-electron chi connectivity index (χ1n) is 1.09. The van der Waals surface area contributed by atoms with E-state index in [0.29, 0.717) is 0 Å². The standard InChI is InChI=1S/BH4O2PS/c2-5(3)1-4/h1,5H,4H2. The van der Waals surface area contributed by atoms with E-state index < -0.39 is 10.6 Å². The third-order valence-electron chi connectivity index (χ3n) is 0.149. The van der Waals surface area contributed by atoms with Crippen LogP contribution in [0.25, 0.3) is 0 Å². The lowest BCUT2D eigenvalue weighted by Crippen LogP contribution is -1.74. The van der Waals surface area contributed by atoms with E-state index in [9.17, 15) is 8.42 Å². The molecule has 1 atom stereocenters. The number of rotatable bonds is 1. The Morgan fingerprint density at radius 2 is 1.80 bits per heavy atom. The predicted molar refractivity (Wildman–Crippen MR) is 27.2 cm³/mol. The van der Waals surface area contributed by atoms with Crippen molar-refractivity contribution in [3.63, 3.8) is 0 Å². The normalized spacial score (nSPS) is 8.40. The summed E-state index contributed by atoms with van der Waals surface area (Å²) in [5, 5.41) is 0. The molecule has 0 amide bonds. The lowest BCUT2D eigenvalue weighted by atomic mass is 10.7. The fraction of sp³-hybridized carbons (Fsp3) is 0. The molecule has 30 valence electrons. The second-order valence-electron chi connectivity index (χ2n) is 0.515. The molecule has 0 aliphatic carbocycles. The van der Waals surface area contributed by atoms with E-state index in [1.165, 1.54) is 0 Å².